The molecule has 1 fully saturated rings. The SMILES string of the molecule is CNCc1cnn(C2CCC(C)C(C)C2)c1. The van der Waals surface area contributed by atoms with Crippen LogP contribution in [-0.4, -0.2) is 16.8 Å². The molecule has 3 unspecified atom stereocenters. The number of nitrogens with one attached hydrogen (secondary N) is 1. The summed E-state index contributed by atoms with van der Waals surface area (Å²) >= 11 is 0. The first kappa shape index (κ1) is 11.6. The van der Waals surface area contributed by atoms with Crippen LogP contribution >= 0.6 is 0 Å². The van der Waals surface area contributed by atoms with E-state index in [1.807, 2.05) is 13.2 Å². The van der Waals surface area contributed by atoms with Crippen LogP contribution in [0.2, 0.25) is 0 Å². The lowest BCUT2D eigenvalue weighted by Crippen LogP contribution is -2.23. The molecule has 2 rings (SSSR count). The van der Waals surface area contributed by atoms with Crippen molar-refractivity contribution < 1.29 is 0 Å². The lowest BCUT2D eigenvalue weighted by Gasteiger charge is -2.32. The van der Waals surface area contributed by atoms with Gasteiger partial charge in [-0.2, -0.15) is 5.10 Å². The van der Waals surface area contributed by atoms with Gasteiger partial charge in [0.25, 0.3) is 0 Å². The molecule has 1 heterocycles. The monoisotopic (exact) mass is 221 g/mol. The molecule has 0 bridgehead atoms. The summed E-state index contributed by atoms with van der Waals surface area (Å²) in [5.41, 5.74) is 1.29. The van der Waals surface area contributed by atoms with Crippen molar-refractivity contribution >= 4 is 0 Å². The summed E-state index contributed by atoms with van der Waals surface area (Å²) in [6.45, 7) is 5.66. The van der Waals surface area contributed by atoms with Gasteiger partial charge < -0.3 is 5.32 Å². The van der Waals surface area contributed by atoms with Crippen LogP contribution in [0.25, 0.3) is 0 Å². The lowest BCUT2D eigenvalue weighted by molar-refractivity contribution is 0.201. The van der Waals surface area contributed by atoms with Crippen LogP contribution in [0.3, 0.4) is 0 Å². The van der Waals surface area contributed by atoms with Crippen LogP contribution in [0, 0.1) is 11.8 Å². The second-order valence-corrected chi connectivity index (χ2v) is 5.28. The van der Waals surface area contributed by atoms with Crippen molar-refractivity contribution in [1.29, 1.82) is 0 Å². The highest BCUT2D eigenvalue weighted by atomic mass is 15.3. The maximum absolute atomic E-state index is 4.49. The number of aromatic nitrogens is 2. The minimum atomic E-state index is 0.622. The Morgan fingerprint density at radius 1 is 1.38 bits per heavy atom. The molecule has 3 nitrogen and oxygen atoms in total. The van der Waals surface area contributed by atoms with Gasteiger partial charge in [0.15, 0.2) is 0 Å². The molecule has 90 valence electrons. The Morgan fingerprint density at radius 2 is 2.19 bits per heavy atom. The fourth-order valence-electron chi connectivity index (χ4n) is 2.63. The van der Waals surface area contributed by atoms with Gasteiger partial charge in [-0.15, -0.1) is 0 Å². The number of hydrogen-bond acceptors (Lipinski definition) is 2. The number of rotatable bonds is 3. The van der Waals surface area contributed by atoms with Crippen LogP contribution in [0.1, 0.15) is 44.7 Å². The molecule has 1 N–H and O–H groups in total. The van der Waals surface area contributed by atoms with Crippen molar-refractivity contribution in [2.24, 2.45) is 11.8 Å². The molecule has 1 saturated carbocycles. The molecule has 1 aliphatic carbocycles. The molecule has 0 spiro atoms. The van der Waals surface area contributed by atoms with Gasteiger partial charge in [-0.05, 0) is 38.1 Å². The van der Waals surface area contributed by atoms with E-state index in [0.717, 1.165) is 18.4 Å². The Bertz CT molecular complexity index is 332. The van der Waals surface area contributed by atoms with Gasteiger partial charge >= 0.3 is 0 Å². The largest absolute Gasteiger partial charge is 0.316 e. The fourth-order valence-corrected chi connectivity index (χ4v) is 2.63. The van der Waals surface area contributed by atoms with Crippen molar-refractivity contribution in [3.63, 3.8) is 0 Å². The Kier molecular flexibility index (Phi) is 3.64. The van der Waals surface area contributed by atoms with Crippen LogP contribution in [0.4, 0.5) is 0 Å². The molecule has 0 aromatic carbocycles. The van der Waals surface area contributed by atoms with Crippen LogP contribution < -0.4 is 5.32 Å². The second kappa shape index (κ2) is 5.00. The molecule has 0 aliphatic heterocycles. The van der Waals surface area contributed by atoms with E-state index in [1.165, 1.54) is 24.8 Å². The topological polar surface area (TPSA) is 29.9 Å². The molecule has 16 heavy (non-hydrogen) atoms. The van der Waals surface area contributed by atoms with Crippen LogP contribution in [0.15, 0.2) is 12.4 Å². The first-order valence-electron chi connectivity index (χ1n) is 6.38. The van der Waals surface area contributed by atoms with Crippen molar-refractivity contribution in [1.82, 2.24) is 15.1 Å². The highest BCUT2D eigenvalue weighted by Gasteiger charge is 2.25. The van der Waals surface area contributed by atoms with E-state index < -0.39 is 0 Å². The van der Waals surface area contributed by atoms with Gasteiger partial charge in [-0.1, -0.05) is 13.8 Å². The highest BCUT2D eigenvalue weighted by molar-refractivity contribution is 5.04. The molecule has 1 aromatic heterocycles. The van der Waals surface area contributed by atoms with Gasteiger partial charge in [0.05, 0.1) is 12.2 Å². The average Bonchev–Trinajstić information content (AvgIpc) is 2.71. The Hall–Kier alpha value is -0.830. The van der Waals surface area contributed by atoms with E-state index in [2.05, 4.69) is 35.1 Å². The van der Waals surface area contributed by atoms with Gasteiger partial charge in [0.1, 0.15) is 0 Å². The third-order valence-corrected chi connectivity index (χ3v) is 3.98. The number of nitrogens with zero attached hydrogens (tertiary/aromatic N) is 2. The third-order valence-electron chi connectivity index (χ3n) is 3.98. The quantitative estimate of drug-likeness (QED) is 0.850. The lowest BCUT2D eigenvalue weighted by atomic mass is 9.79. The Morgan fingerprint density at radius 3 is 2.88 bits per heavy atom. The average molecular weight is 221 g/mol. The van der Waals surface area contributed by atoms with Crippen molar-refractivity contribution in [2.75, 3.05) is 7.05 Å². The van der Waals surface area contributed by atoms with E-state index in [9.17, 15) is 0 Å². The predicted octanol–water partition coefficient (Wildman–Crippen LogP) is 2.60. The van der Waals surface area contributed by atoms with E-state index >= 15 is 0 Å². The normalized spacial score (nSPS) is 30.6. The minimum Gasteiger partial charge on any atom is -0.316 e. The summed E-state index contributed by atoms with van der Waals surface area (Å²) in [5, 5.41) is 7.66. The Labute approximate surface area is 98.2 Å². The zero-order valence-corrected chi connectivity index (χ0v) is 10.6. The van der Waals surface area contributed by atoms with Crippen molar-refractivity contribution in [3.05, 3.63) is 18.0 Å². The fraction of sp³-hybridized carbons (Fsp3) is 0.769. The van der Waals surface area contributed by atoms with E-state index in [1.54, 1.807) is 0 Å². The van der Waals surface area contributed by atoms with Crippen molar-refractivity contribution in [2.45, 2.75) is 45.7 Å². The summed E-state index contributed by atoms with van der Waals surface area (Å²) < 4.78 is 2.18. The first-order chi connectivity index (χ1) is 7.70. The maximum Gasteiger partial charge on any atom is 0.0534 e. The zero-order valence-electron chi connectivity index (χ0n) is 10.6. The Balaban J connectivity index is 2.01. The first-order valence-corrected chi connectivity index (χ1v) is 6.38. The summed E-state index contributed by atoms with van der Waals surface area (Å²) in [5.74, 6) is 1.71. The smallest absolute Gasteiger partial charge is 0.0534 e. The van der Waals surface area contributed by atoms with E-state index in [-0.39, 0.29) is 0 Å². The molecular weight excluding hydrogens is 198 g/mol. The summed E-state index contributed by atoms with van der Waals surface area (Å²) in [6.07, 6.45) is 8.09. The predicted molar refractivity (Wildman–Crippen MR) is 66.2 cm³/mol. The van der Waals surface area contributed by atoms with E-state index in [4.69, 9.17) is 0 Å². The van der Waals surface area contributed by atoms with Gasteiger partial charge in [-0.3, -0.25) is 4.68 Å². The molecule has 3 atom stereocenters. The molecule has 3 heteroatoms. The minimum absolute atomic E-state index is 0.622. The third kappa shape index (κ3) is 2.46. The molecule has 0 amide bonds. The molecule has 1 aromatic rings. The zero-order chi connectivity index (χ0) is 11.5. The summed E-state index contributed by atoms with van der Waals surface area (Å²) in [4.78, 5) is 0. The number of hydrogen-bond donors (Lipinski definition) is 1. The second-order valence-electron chi connectivity index (χ2n) is 5.28. The summed E-state index contributed by atoms with van der Waals surface area (Å²) in [6, 6.07) is 0.622. The van der Waals surface area contributed by atoms with Gasteiger partial charge in [0, 0.05) is 18.3 Å². The van der Waals surface area contributed by atoms with Crippen LogP contribution in [0.5, 0.6) is 0 Å². The molecule has 0 radical (unpaired) electrons. The van der Waals surface area contributed by atoms with Crippen LogP contribution in [-0.2, 0) is 6.54 Å². The standard InChI is InChI=1S/C13H23N3/c1-10-4-5-13(6-11(10)2)16-9-12(7-14-3)8-15-16/h8-11,13-14H,4-7H2,1-3H3. The van der Waals surface area contributed by atoms with E-state index in [0.29, 0.717) is 6.04 Å². The molecule has 0 saturated heterocycles. The molecule has 1 aliphatic rings. The molecular formula is C13H23N3. The summed E-state index contributed by atoms with van der Waals surface area (Å²) in [7, 11) is 1.97. The maximum atomic E-state index is 4.49. The van der Waals surface area contributed by atoms with Crippen molar-refractivity contribution in [3.8, 4) is 0 Å². The highest BCUT2D eigenvalue weighted by Crippen LogP contribution is 2.35. The van der Waals surface area contributed by atoms with Gasteiger partial charge in [-0.25, -0.2) is 0 Å². The van der Waals surface area contributed by atoms with Gasteiger partial charge in [0.2, 0.25) is 0 Å².